The van der Waals surface area contributed by atoms with Crippen molar-refractivity contribution in [3.8, 4) is 0 Å². The highest BCUT2D eigenvalue weighted by Gasteiger charge is 2.14. The Kier molecular flexibility index (Phi) is 3.54. The molecule has 0 radical (unpaired) electrons. The molecule has 4 nitrogen and oxygen atoms in total. The van der Waals surface area contributed by atoms with Crippen LogP contribution in [0.3, 0.4) is 0 Å². The monoisotopic (exact) mass is 315 g/mol. The van der Waals surface area contributed by atoms with Crippen molar-refractivity contribution < 1.29 is 9.18 Å². The number of hydrogen-bond acceptors (Lipinski definition) is 2. The van der Waals surface area contributed by atoms with Gasteiger partial charge in [-0.1, -0.05) is 6.07 Å². The van der Waals surface area contributed by atoms with Crippen LogP contribution in [-0.4, -0.2) is 15.9 Å². The number of benzene rings is 2. The highest BCUT2D eigenvalue weighted by Crippen LogP contribution is 2.20. The number of amides is 1. The topological polar surface area (TPSA) is 60.7 Å². The number of halogens is 1. The number of H-pyrrole nitrogens is 2. The smallest absolute Gasteiger partial charge is 0.257 e. The molecule has 0 saturated carbocycles. The molecule has 6 heteroatoms. The predicted molar refractivity (Wildman–Crippen MR) is 87.3 cm³/mol. The summed E-state index contributed by atoms with van der Waals surface area (Å²) in [6.45, 7) is 3.90. The summed E-state index contributed by atoms with van der Waals surface area (Å²) in [5.41, 5.74) is 3.93. The molecule has 0 saturated heterocycles. The number of carbonyl (C=O) groups is 1. The van der Waals surface area contributed by atoms with Crippen molar-refractivity contribution in [1.82, 2.24) is 9.97 Å². The van der Waals surface area contributed by atoms with Gasteiger partial charge >= 0.3 is 0 Å². The molecule has 22 heavy (non-hydrogen) atoms. The van der Waals surface area contributed by atoms with Crippen LogP contribution in [0.1, 0.15) is 21.5 Å². The zero-order valence-electron chi connectivity index (χ0n) is 12.1. The Morgan fingerprint density at radius 3 is 2.45 bits per heavy atom. The third-order valence-electron chi connectivity index (χ3n) is 3.31. The fourth-order valence-corrected chi connectivity index (χ4v) is 2.74. The van der Waals surface area contributed by atoms with Gasteiger partial charge in [0, 0.05) is 5.69 Å². The van der Waals surface area contributed by atoms with E-state index in [-0.39, 0.29) is 11.5 Å². The maximum absolute atomic E-state index is 13.7. The number of rotatable bonds is 2. The molecule has 0 spiro atoms. The van der Waals surface area contributed by atoms with Gasteiger partial charge in [-0.15, -0.1) is 0 Å². The van der Waals surface area contributed by atoms with Crippen LogP contribution >= 0.6 is 12.2 Å². The van der Waals surface area contributed by atoms with Crippen LogP contribution in [-0.2, 0) is 0 Å². The quantitative estimate of drug-likeness (QED) is 0.620. The molecule has 0 bridgehead atoms. The number of aromatic amines is 2. The number of aryl methyl sites for hydroxylation is 2. The molecule has 1 heterocycles. The zero-order chi connectivity index (χ0) is 15.9. The number of aromatic nitrogens is 2. The lowest BCUT2D eigenvalue weighted by atomic mass is 10.1. The molecule has 0 unspecified atom stereocenters. The predicted octanol–water partition coefficient (Wildman–Crippen LogP) is 4.23. The maximum Gasteiger partial charge on any atom is 0.257 e. The highest BCUT2D eigenvalue weighted by atomic mass is 32.1. The van der Waals surface area contributed by atoms with Crippen LogP contribution in [0.15, 0.2) is 30.3 Å². The molecule has 2 aromatic carbocycles. The van der Waals surface area contributed by atoms with Gasteiger partial charge in [0.25, 0.3) is 5.91 Å². The molecule has 3 N–H and O–H groups in total. The molecule has 0 fully saturated rings. The molecule has 0 aliphatic rings. The summed E-state index contributed by atoms with van der Waals surface area (Å²) in [6, 6.07) is 8.23. The lowest BCUT2D eigenvalue weighted by Crippen LogP contribution is -2.13. The maximum atomic E-state index is 13.7. The first kappa shape index (κ1) is 14.5. The van der Waals surface area contributed by atoms with Crippen molar-refractivity contribution in [2.45, 2.75) is 13.8 Å². The molecule has 0 aliphatic heterocycles. The van der Waals surface area contributed by atoms with Crippen molar-refractivity contribution in [2.75, 3.05) is 5.32 Å². The minimum absolute atomic E-state index is 0.210. The minimum atomic E-state index is -0.497. The van der Waals surface area contributed by atoms with Crippen LogP contribution in [0, 0.1) is 24.4 Å². The summed E-state index contributed by atoms with van der Waals surface area (Å²) >= 11 is 5.00. The molecular weight excluding hydrogens is 301 g/mol. The van der Waals surface area contributed by atoms with Crippen LogP contribution in [0.2, 0.25) is 0 Å². The SMILES string of the molecule is Cc1cc(C)cc(NC(=O)c2cc(F)cc3[nH]c(=S)[nH]c23)c1. The zero-order valence-corrected chi connectivity index (χ0v) is 12.9. The summed E-state index contributed by atoms with van der Waals surface area (Å²) in [6.07, 6.45) is 0. The normalized spacial score (nSPS) is 10.9. The van der Waals surface area contributed by atoms with Gasteiger partial charge < -0.3 is 15.3 Å². The van der Waals surface area contributed by atoms with Crippen LogP contribution in [0.25, 0.3) is 11.0 Å². The van der Waals surface area contributed by atoms with Crippen LogP contribution < -0.4 is 5.32 Å². The van der Waals surface area contributed by atoms with Gasteiger partial charge in [0.05, 0.1) is 16.6 Å². The Bertz CT molecular complexity index is 922. The van der Waals surface area contributed by atoms with Crippen molar-refractivity contribution in [3.63, 3.8) is 0 Å². The van der Waals surface area contributed by atoms with E-state index < -0.39 is 5.82 Å². The van der Waals surface area contributed by atoms with E-state index in [1.807, 2.05) is 32.0 Å². The molecule has 3 aromatic rings. The lowest BCUT2D eigenvalue weighted by molar-refractivity contribution is 0.102. The summed E-state index contributed by atoms with van der Waals surface area (Å²) < 4.78 is 14.0. The fraction of sp³-hybridized carbons (Fsp3) is 0.125. The van der Waals surface area contributed by atoms with E-state index in [0.29, 0.717) is 21.5 Å². The summed E-state index contributed by atoms with van der Waals surface area (Å²) in [5, 5.41) is 2.79. The first-order valence-corrected chi connectivity index (χ1v) is 7.14. The van der Waals surface area contributed by atoms with Crippen LogP contribution in [0.5, 0.6) is 0 Å². The van der Waals surface area contributed by atoms with Gasteiger partial charge in [0.1, 0.15) is 5.82 Å². The molecule has 3 rings (SSSR count). The van der Waals surface area contributed by atoms with Crippen LogP contribution in [0.4, 0.5) is 10.1 Å². The second-order valence-electron chi connectivity index (χ2n) is 5.29. The van der Waals surface area contributed by atoms with E-state index >= 15 is 0 Å². The molecule has 1 aromatic heterocycles. The third kappa shape index (κ3) is 2.78. The Morgan fingerprint density at radius 2 is 1.77 bits per heavy atom. The van der Waals surface area contributed by atoms with E-state index in [1.54, 1.807) is 0 Å². The number of hydrogen-bond donors (Lipinski definition) is 3. The standard InChI is InChI=1S/C16H14FN3OS/c1-8-3-9(2)5-11(4-8)18-15(21)12-6-10(17)7-13-14(12)20-16(22)19-13/h3-7H,1-2H3,(H,18,21)(H2,19,20,22). The van der Waals surface area contributed by atoms with E-state index in [2.05, 4.69) is 15.3 Å². The van der Waals surface area contributed by atoms with Gasteiger partial charge in [-0.25, -0.2) is 4.39 Å². The van der Waals surface area contributed by atoms with E-state index in [1.165, 1.54) is 12.1 Å². The highest BCUT2D eigenvalue weighted by molar-refractivity contribution is 7.71. The summed E-state index contributed by atoms with van der Waals surface area (Å²) in [5.74, 6) is -0.886. The second kappa shape index (κ2) is 5.38. The van der Waals surface area contributed by atoms with Gasteiger partial charge in [-0.05, 0) is 61.5 Å². The number of nitrogens with one attached hydrogen (secondary N) is 3. The van der Waals surface area contributed by atoms with Gasteiger partial charge in [0.15, 0.2) is 4.77 Å². The van der Waals surface area contributed by atoms with Crippen molar-refractivity contribution in [2.24, 2.45) is 0 Å². The third-order valence-corrected chi connectivity index (χ3v) is 3.52. The molecular formula is C16H14FN3OS. The van der Waals surface area contributed by atoms with Crippen molar-refractivity contribution in [1.29, 1.82) is 0 Å². The number of anilines is 1. The van der Waals surface area contributed by atoms with Gasteiger partial charge in [-0.2, -0.15) is 0 Å². The Labute approximate surface area is 131 Å². The minimum Gasteiger partial charge on any atom is -0.331 e. The van der Waals surface area contributed by atoms with Crippen molar-refractivity contribution in [3.05, 3.63) is 57.6 Å². The summed E-state index contributed by atoms with van der Waals surface area (Å²) in [7, 11) is 0. The Morgan fingerprint density at radius 1 is 1.09 bits per heavy atom. The Balaban J connectivity index is 2.03. The van der Waals surface area contributed by atoms with Gasteiger partial charge in [-0.3, -0.25) is 4.79 Å². The molecule has 112 valence electrons. The average molecular weight is 315 g/mol. The van der Waals surface area contributed by atoms with Gasteiger partial charge in [0.2, 0.25) is 0 Å². The molecule has 0 aliphatic carbocycles. The largest absolute Gasteiger partial charge is 0.331 e. The van der Waals surface area contributed by atoms with Crippen molar-refractivity contribution >= 4 is 34.8 Å². The van der Waals surface area contributed by atoms with E-state index in [0.717, 1.165) is 11.1 Å². The molecule has 0 atom stereocenters. The first-order valence-electron chi connectivity index (χ1n) is 6.73. The second-order valence-corrected chi connectivity index (χ2v) is 5.69. The molecule has 1 amide bonds. The summed E-state index contributed by atoms with van der Waals surface area (Å²) in [4.78, 5) is 18.2. The number of carbonyl (C=O) groups excluding carboxylic acids is 1. The average Bonchev–Trinajstić information content (AvgIpc) is 2.76. The van der Waals surface area contributed by atoms with E-state index in [9.17, 15) is 9.18 Å². The number of fused-ring (bicyclic) bond motifs is 1. The van der Waals surface area contributed by atoms with E-state index in [4.69, 9.17) is 12.2 Å². The first-order chi connectivity index (χ1) is 10.4. The lowest BCUT2D eigenvalue weighted by Gasteiger charge is -2.08. The fourth-order valence-electron chi connectivity index (χ4n) is 2.53. The Hall–Kier alpha value is -2.47. The number of imidazole rings is 1.